The molecule has 0 bridgehead atoms. The molecule has 5 heteroatoms. The molecule has 2 rings (SSSR count). The van der Waals surface area contributed by atoms with Gasteiger partial charge >= 0.3 is 0 Å². The Morgan fingerprint density at radius 2 is 2.17 bits per heavy atom. The SMILES string of the molecule is CCn1nccc1CN(C)C(=O)c1ccccn1. The molecule has 0 fully saturated rings. The molecule has 0 aliphatic carbocycles. The standard InChI is InChI=1S/C13H16N4O/c1-3-17-11(7-9-15-17)10-16(2)13(18)12-6-4-5-8-14-12/h4-9H,3,10H2,1-2H3. The van der Waals surface area contributed by atoms with Crippen molar-refractivity contribution in [1.29, 1.82) is 0 Å². The second kappa shape index (κ2) is 5.44. The molecule has 2 aromatic rings. The molecule has 0 saturated heterocycles. The minimum atomic E-state index is -0.0838. The molecular formula is C13H16N4O. The number of hydrogen-bond donors (Lipinski definition) is 0. The predicted molar refractivity (Wildman–Crippen MR) is 67.9 cm³/mol. The molecule has 0 radical (unpaired) electrons. The van der Waals surface area contributed by atoms with E-state index in [4.69, 9.17) is 0 Å². The zero-order chi connectivity index (χ0) is 13.0. The molecule has 1 amide bonds. The van der Waals surface area contributed by atoms with Crippen LogP contribution in [0.1, 0.15) is 23.1 Å². The van der Waals surface area contributed by atoms with Gasteiger partial charge in [-0.05, 0) is 25.1 Å². The highest BCUT2D eigenvalue weighted by molar-refractivity contribution is 5.91. The Hall–Kier alpha value is -2.17. The minimum Gasteiger partial charge on any atom is -0.334 e. The number of amides is 1. The highest BCUT2D eigenvalue weighted by Crippen LogP contribution is 2.06. The van der Waals surface area contributed by atoms with E-state index in [1.54, 1.807) is 36.5 Å². The Labute approximate surface area is 106 Å². The zero-order valence-electron chi connectivity index (χ0n) is 10.6. The largest absolute Gasteiger partial charge is 0.334 e. The van der Waals surface area contributed by atoms with E-state index in [9.17, 15) is 4.79 Å². The van der Waals surface area contributed by atoms with Gasteiger partial charge in [-0.3, -0.25) is 14.5 Å². The van der Waals surface area contributed by atoms with Crippen molar-refractivity contribution in [2.24, 2.45) is 0 Å². The number of aryl methyl sites for hydroxylation is 1. The van der Waals surface area contributed by atoms with Crippen LogP contribution in [0.3, 0.4) is 0 Å². The third-order valence-corrected chi connectivity index (χ3v) is 2.73. The van der Waals surface area contributed by atoms with Gasteiger partial charge in [0.15, 0.2) is 0 Å². The zero-order valence-corrected chi connectivity index (χ0v) is 10.6. The molecule has 0 aliphatic heterocycles. The van der Waals surface area contributed by atoms with Gasteiger partial charge in [0.2, 0.25) is 0 Å². The van der Waals surface area contributed by atoms with Gasteiger partial charge in [-0.25, -0.2) is 0 Å². The molecule has 94 valence electrons. The molecular weight excluding hydrogens is 228 g/mol. The smallest absolute Gasteiger partial charge is 0.272 e. The average Bonchev–Trinajstić information content (AvgIpc) is 2.86. The molecule has 0 saturated carbocycles. The Morgan fingerprint density at radius 1 is 1.33 bits per heavy atom. The van der Waals surface area contributed by atoms with Gasteiger partial charge in [0, 0.05) is 26.0 Å². The average molecular weight is 244 g/mol. The summed E-state index contributed by atoms with van der Waals surface area (Å²) in [5, 5.41) is 4.18. The van der Waals surface area contributed by atoms with Crippen LogP contribution in [0.5, 0.6) is 0 Å². The maximum absolute atomic E-state index is 12.1. The van der Waals surface area contributed by atoms with Crippen LogP contribution < -0.4 is 0 Å². The van der Waals surface area contributed by atoms with Crippen molar-refractivity contribution in [3.8, 4) is 0 Å². The number of nitrogens with zero attached hydrogens (tertiary/aromatic N) is 4. The minimum absolute atomic E-state index is 0.0838. The topological polar surface area (TPSA) is 51.0 Å². The molecule has 5 nitrogen and oxygen atoms in total. The van der Waals surface area contributed by atoms with E-state index in [2.05, 4.69) is 10.1 Å². The first kappa shape index (κ1) is 12.3. The van der Waals surface area contributed by atoms with Crippen molar-refractivity contribution >= 4 is 5.91 Å². The number of carbonyl (C=O) groups is 1. The summed E-state index contributed by atoms with van der Waals surface area (Å²) in [5.41, 5.74) is 1.48. The van der Waals surface area contributed by atoms with E-state index in [0.717, 1.165) is 12.2 Å². The van der Waals surface area contributed by atoms with Crippen LogP contribution in [0.4, 0.5) is 0 Å². The molecule has 0 spiro atoms. The van der Waals surface area contributed by atoms with Gasteiger partial charge in [-0.2, -0.15) is 5.10 Å². The maximum Gasteiger partial charge on any atom is 0.272 e. The summed E-state index contributed by atoms with van der Waals surface area (Å²) in [6.45, 7) is 3.36. The predicted octanol–water partition coefficient (Wildman–Crippen LogP) is 1.57. The summed E-state index contributed by atoms with van der Waals surface area (Å²) in [6, 6.07) is 7.24. The van der Waals surface area contributed by atoms with Crippen molar-refractivity contribution in [3.63, 3.8) is 0 Å². The number of rotatable bonds is 4. The summed E-state index contributed by atoms with van der Waals surface area (Å²) in [6.07, 6.45) is 3.37. The molecule has 0 N–H and O–H groups in total. The maximum atomic E-state index is 12.1. The summed E-state index contributed by atoms with van der Waals surface area (Å²) < 4.78 is 1.88. The Morgan fingerprint density at radius 3 is 2.83 bits per heavy atom. The van der Waals surface area contributed by atoms with Crippen LogP contribution >= 0.6 is 0 Å². The van der Waals surface area contributed by atoms with E-state index in [-0.39, 0.29) is 5.91 Å². The summed E-state index contributed by atoms with van der Waals surface area (Å²) >= 11 is 0. The fraction of sp³-hybridized carbons (Fsp3) is 0.308. The van der Waals surface area contributed by atoms with Crippen molar-refractivity contribution in [2.45, 2.75) is 20.0 Å². The van der Waals surface area contributed by atoms with Gasteiger partial charge in [0.1, 0.15) is 5.69 Å². The molecule has 2 heterocycles. The van der Waals surface area contributed by atoms with Crippen LogP contribution in [0, 0.1) is 0 Å². The number of hydrogen-bond acceptors (Lipinski definition) is 3. The van der Waals surface area contributed by atoms with Crippen molar-refractivity contribution in [1.82, 2.24) is 19.7 Å². The monoisotopic (exact) mass is 244 g/mol. The fourth-order valence-electron chi connectivity index (χ4n) is 1.78. The van der Waals surface area contributed by atoms with Crippen LogP contribution in [-0.4, -0.2) is 32.6 Å². The van der Waals surface area contributed by atoms with Gasteiger partial charge in [0.25, 0.3) is 5.91 Å². The lowest BCUT2D eigenvalue weighted by molar-refractivity contribution is 0.0775. The summed E-state index contributed by atoms with van der Waals surface area (Å²) in [5.74, 6) is -0.0838. The van der Waals surface area contributed by atoms with Gasteiger partial charge in [-0.15, -0.1) is 0 Å². The van der Waals surface area contributed by atoms with Crippen LogP contribution in [-0.2, 0) is 13.1 Å². The molecule has 0 aliphatic rings. The highest BCUT2D eigenvalue weighted by atomic mass is 16.2. The van der Waals surface area contributed by atoms with Crippen LogP contribution in [0.2, 0.25) is 0 Å². The first-order valence-electron chi connectivity index (χ1n) is 5.89. The van der Waals surface area contributed by atoms with Gasteiger partial charge in [0.05, 0.1) is 12.2 Å². The lowest BCUT2D eigenvalue weighted by Crippen LogP contribution is -2.28. The fourth-order valence-corrected chi connectivity index (χ4v) is 1.78. The molecule has 0 aromatic carbocycles. The molecule has 18 heavy (non-hydrogen) atoms. The van der Waals surface area contributed by atoms with Gasteiger partial charge in [-0.1, -0.05) is 6.07 Å². The van der Waals surface area contributed by atoms with Crippen LogP contribution in [0.25, 0.3) is 0 Å². The lowest BCUT2D eigenvalue weighted by Gasteiger charge is -2.17. The highest BCUT2D eigenvalue weighted by Gasteiger charge is 2.14. The molecule has 0 atom stereocenters. The Bertz CT molecular complexity index is 521. The van der Waals surface area contributed by atoms with Crippen molar-refractivity contribution in [2.75, 3.05) is 7.05 Å². The first-order valence-corrected chi connectivity index (χ1v) is 5.89. The first-order chi connectivity index (χ1) is 8.72. The second-order valence-electron chi connectivity index (χ2n) is 4.01. The van der Waals surface area contributed by atoms with E-state index in [1.165, 1.54) is 0 Å². The second-order valence-corrected chi connectivity index (χ2v) is 4.01. The number of pyridine rings is 1. The van der Waals surface area contributed by atoms with E-state index in [1.807, 2.05) is 23.7 Å². The molecule has 0 unspecified atom stereocenters. The van der Waals surface area contributed by atoms with E-state index >= 15 is 0 Å². The van der Waals surface area contributed by atoms with Crippen molar-refractivity contribution in [3.05, 3.63) is 48.0 Å². The number of carbonyl (C=O) groups excluding carboxylic acids is 1. The summed E-state index contributed by atoms with van der Waals surface area (Å²) in [4.78, 5) is 17.8. The lowest BCUT2D eigenvalue weighted by atomic mass is 10.3. The quantitative estimate of drug-likeness (QED) is 0.820. The van der Waals surface area contributed by atoms with Gasteiger partial charge < -0.3 is 4.90 Å². The number of aromatic nitrogens is 3. The van der Waals surface area contributed by atoms with Crippen molar-refractivity contribution < 1.29 is 4.79 Å². The normalized spacial score (nSPS) is 10.3. The van der Waals surface area contributed by atoms with E-state index < -0.39 is 0 Å². The van der Waals surface area contributed by atoms with E-state index in [0.29, 0.717) is 12.2 Å². The summed E-state index contributed by atoms with van der Waals surface area (Å²) in [7, 11) is 1.77. The third kappa shape index (κ3) is 2.56. The Kier molecular flexibility index (Phi) is 3.72. The molecule has 2 aromatic heterocycles. The third-order valence-electron chi connectivity index (χ3n) is 2.73. The van der Waals surface area contributed by atoms with Crippen LogP contribution in [0.15, 0.2) is 36.7 Å². The Balaban J connectivity index is 2.09.